The third-order valence-corrected chi connectivity index (χ3v) is 3.44. The Labute approximate surface area is 129 Å². The van der Waals surface area contributed by atoms with Crippen LogP contribution in [0.3, 0.4) is 0 Å². The number of anilines is 1. The Morgan fingerprint density at radius 2 is 2.05 bits per heavy atom. The van der Waals surface area contributed by atoms with Gasteiger partial charge in [-0.25, -0.2) is 9.37 Å². The first-order valence-electron chi connectivity index (χ1n) is 6.74. The van der Waals surface area contributed by atoms with Crippen molar-refractivity contribution in [2.75, 3.05) is 11.9 Å². The number of halogens is 1. The second-order valence-corrected chi connectivity index (χ2v) is 5.38. The zero-order valence-corrected chi connectivity index (χ0v) is 12.9. The van der Waals surface area contributed by atoms with E-state index in [-0.39, 0.29) is 5.82 Å². The van der Waals surface area contributed by atoms with Gasteiger partial charge in [-0.1, -0.05) is 30.4 Å². The van der Waals surface area contributed by atoms with Gasteiger partial charge in [-0.05, 0) is 43.5 Å². The molecule has 1 aromatic heterocycles. The molecule has 1 aromatic carbocycles. The molecule has 0 amide bonds. The van der Waals surface area contributed by atoms with Gasteiger partial charge in [0.25, 0.3) is 0 Å². The number of rotatable bonds is 5. The van der Waals surface area contributed by atoms with Crippen LogP contribution >= 0.6 is 12.2 Å². The molecule has 0 unspecified atom stereocenters. The summed E-state index contributed by atoms with van der Waals surface area (Å²) >= 11 is 5.08. The summed E-state index contributed by atoms with van der Waals surface area (Å²) in [5, 5.41) is 3.21. The van der Waals surface area contributed by atoms with Crippen LogP contribution in [0, 0.1) is 19.7 Å². The molecule has 0 fully saturated rings. The summed E-state index contributed by atoms with van der Waals surface area (Å²) in [5.74, 6) is 0.471. The summed E-state index contributed by atoms with van der Waals surface area (Å²) in [6.45, 7) is 4.43. The second kappa shape index (κ2) is 6.63. The summed E-state index contributed by atoms with van der Waals surface area (Å²) in [6.07, 6.45) is 0.568. The van der Waals surface area contributed by atoms with Crippen LogP contribution in [0.5, 0.6) is 0 Å². The molecular weight excluding hydrogens is 285 g/mol. The van der Waals surface area contributed by atoms with E-state index in [0.717, 1.165) is 16.8 Å². The standard InChI is InChI=1S/C16H18FN3S/c1-10-9-11(2)20-16(14(10)15(18)21)19-8-7-12-5-3-4-6-13(12)17/h3-6,9H,7-8H2,1-2H3,(H2,18,21)(H,19,20). The van der Waals surface area contributed by atoms with Crippen molar-refractivity contribution in [1.29, 1.82) is 0 Å². The fourth-order valence-electron chi connectivity index (χ4n) is 2.29. The first-order chi connectivity index (χ1) is 9.99. The first-order valence-corrected chi connectivity index (χ1v) is 7.15. The van der Waals surface area contributed by atoms with Gasteiger partial charge in [-0.15, -0.1) is 0 Å². The number of hydrogen-bond donors (Lipinski definition) is 2. The fraction of sp³-hybridized carbons (Fsp3) is 0.250. The van der Waals surface area contributed by atoms with Gasteiger partial charge in [0.1, 0.15) is 16.6 Å². The highest BCUT2D eigenvalue weighted by molar-refractivity contribution is 7.80. The lowest BCUT2D eigenvalue weighted by Crippen LogP contribution is -2.18. The Morgan fingerprint density at radius 1 is 1.33 bits per heavy atom. The molecule has 0 atom stereocenters. The Bertz CT molecular complexity index is 671. The molecule has 0 bridgehead atoms. The van der Waals surface area contributed by atoms with Crippen LogP contribution in [-0.2, 0) is 6.42 Å². The molecule has 0 radical (unpaired) electrons. The summed E-state index contributed by atoms with van der Waals surface area (Å²) in [6, 6.07) is 8.69. The molecule has 0 saturated heterocycles. The zero-order valence-electron chi connectivity index (χ0n) is 12.1. The molecule has 0 spiro atoms. The van der Waals surface area contributed by atoms with Crippen molar-refractivity contribution in [2.45, 2.75) is 20.3 Å². The van der Waals surface area contributed by atoms with Crippen molar-refractivity contribution in [1.82, 2.24) is 4.98 Å². The van der Waals surface area contributed by atoms with Gasteiger partial charge < -0.3 is 11.1 Å². The van der Waals surface area contributed by atoms with Crippen LogP contribution in [0.1, 0.15) is 22.4 Å². The predicted octanol–water partition coefficient (Wildman–Crippen LogP) is 3.13. The van der Waals surface area contributed by atoms with Crippen LogP contribution in [0.15, 0.2) is 30.3 Å². The van der Waals surface area contributed by atoms with Crippen molar-refractivity contribution < 1.29 is 4.39 Å². The zero-order chi connectivity index (χ0) is 15.4. The summed E-state index contributed by atoms with van der Waals surface area (Å²) < 4.78 is 13.6. The minimum Gasteiger partial charge on any atom is -0.389 e. The quantitative estimate of drug-likeness (QED) is 0.833. The van der Waals surface area contributed by atoms with E-state index >= 15 is 0 Å². The molecule has 2 aromatic rings. The normalized spacial score (nSPS) is 10.4. The van der Waals surface area contributed by atoms with Crippen LogP contribution in [0.25, 0.3) is 0 Å². The van der Waals surface area contributed by atoms with E-state index in [1.807, 2.05) is 26.0 Å². The number of nitrogens with two attached hydrogens (primary N) is 1. The largest absolute Gasteiger partial charge is 0.389 e. The van der Waals surface area contributed by atoms with E-state index < -0.39 is 0 Å². The van der Waals surface area contributed by atoms with E-state index in [1.165, 1.54) is 6.07 Å². The highest BCUT2D eigenvalue weighted by Crippen LogP contribution is 2.19. The lowest BCUT2D eigenvalue weighted by atomic mass is 10.1. The first kappa shape index (κ1) is 15.4. The third-order valence-electron chi connectivity index (χ3n) is 3.24. The second-order valence-electron chi connectivity index (χ2n) is 4.94. The molecule has 0 aliphatic heterocycles. The Morgan fingerprint density at radius 3 is 2.71 bits per heavy atom. The van der Waals surface area contributed by atoms with Gasteiger partial charge in [-0.2, -0.15) is 0 Å². The van der Waals surface area contributed by atoms with Gasteiger partial charge in [0.15, 0.2) is 0 Å². The molecular formula is C16H18FN3S. The predicted molar refractivity (Wildman–Crippen MR) is 88.2 cm³/mol. The van der Waals surface area contributed by atoms with E-state index in [1.54, 1.807) is 12.1 Å². The van der Waals surface area contributed by atoms with Gasteiger partial charge in [0.2, 0.25) is 0 Å². The van der Waals surface area contributed by atoms with E-state index in [0.29, 0.717) is 29.3 Å². The summed E-state index contributed by atoms with van der Waals surface area (Å²) in [7, 11) is 0. The number of nitrogens with zero attached hydrogens (tertiary/aromatic N) is 1. The van der Waals surface area contributed by atoms with Crippen molar-refractivity contribution >= 4 is 23.0 Å². The Kier molecular flexibility index (Phi) is 4.85. The van der Waals surface area contributed by atoms with E-state index in [2.05, 4.69) is 10.3 Å². The lowest BCUT2D eigenvalue weighted by Gasteiger charge is -2.14. The maximum atomic E-state index is 13.6. The van der Waals surface area contributed by atoms with Gasteiger partial charge in [-0.3, -0.25) is 0 Å². The van der Waals surface area contributed by atoms with Crippen molar-refractivity contribution in [3.8, 4) is 0 Å². The topological polar surface area (TPSA) is 50.9 Å². The van der Waals surface area contributed by atoms with Crippen molar-refractivity contribution in [3.05, 3.63) is 58.5 Å². The number of hydrogen-bond acceptors (Lipinski definition) is 3. The van der Waals surface area contributed by atoms with Crippen molar-refractivity contribution in [2.24, 2.45) is 5.73 Å². The smallest absolute Gasteiger partial charge is 0.136 e. The maximum absolute atomic E-state index is 13.6. The number of benzene rings is 1. The SMILES string of the molecule is Cc1cc(C)c(C(N)=S)c(NCCc2ccccc2F)n1. The number of pyridine rings is 1. The van der Waals surface area contributed by atoms with Gasteiger partial charge >= 0.3 is 0 Å². The monoisotopic (exact) mass is 303 g/mol. The van der Waals surface area contributed by atoms with Crippen molar-refractivity contribution in [3.63, 3.8) is 0 Å². The number of thiocarbonyl (C=S) groups is 1. The van der Waals surface area contributed by atoms with E-state index in [4.69, 9.17) is 18.0 Å². The molecule has 0 saturated carbocycles. The molecule has 3 N–H and O–H groups in total. The Balaban J connectivity index is 2.13. The van der Waals surface area contributed by atoms with Gasteiger partial charge in [0, 0.05) is 12.2 Å². The maximum Gasteiger partial charge on any atom is 0.136 e. The highest BCUT2D eigenvalue weighted by Gasteiger charge is 2.11. The minimum atomic E-state index is -0.192. The summed E-state index contributed by atoms with van der Waals surface area (Å²) in [4.78, 5) is 4.75. The number of aryl methyl sites for hydroxylation is 2. The van der Waals surface area contributed by atoms with Crippen LogP contribution in [-0.4, -0.2) is 16.5 Å². The molecule has 5 heteroatoms. The van der Waals surface area contributed by atoms with Crippen LogP contribution in [0.2, 0.25) is 0 Å². The average Bonchev–Trinajstić information content (AvgIpc) is 2.39. The van der Waals surface area contributed by atoms with Crippen LogP contribution in [0.4, 0.5) is 10.2 Å². The molecule has 3 nitrogen and oxygen atoms in total. The van der Waals surface area contributed by atoms with Crippen LogP contribution < -0.4 is 11.1 Å². The number of aromatic nitrogens is 1. The average molecular weight is 303 g/mol. The van der Waals surface area contributed by atoms with E-state index in [9.17, 15) is 4.39 Å². The Hall–Kier alpha value is -2.01. The molecule has 110 valence electrons. The molecule has 0 aliphatic rings. The molecule has 21 heavy (non-hydrogen) atoms. The minimum absolute atomic E-state index is 0.192. The molecule has 0 aliphatic carbocycles. The lowest BCUT2D eigenvalue weighted by molar-refractivity contribution is 0.610. The summed E-state index contributed by atoms with van der Waals surface area (Å²) in [5.41, 5.74) is 9.07. The molecule has 2 rings (SSSR count). The fourth-order valence-corrected chi connectivity index (χ4v) is 2.55. The molecule has 1 heterocycles. The third kappa shape index (κ3) is 3.76. The number of nitrogens with one attached hydrogen (secondary N) is 1. The van der Waals surface area contributed by atoms with Gasteiger partial charge in [0.05, 0.1) is 5.56 Å². The highest BCUT2D eigenvalue weighted by atomic mass is 32.1.